The number of nitrogen functional groups attached to an aromatic ring is 1. The maximum atomic E-state index is 13.1. The number of aromatic nitrogens is 3. The summed E-state index contributed by atoms with van der Waals surface area (Å²) in [6.45, 7) is 5.04. The quantitative estimate of drug-likeness (QED) is 0.517. The van der Waals surface area contributed by atoms with E-state index in [1.807, 2.05) is 6.92 Å². The van der Waals surface area contributed by atoms with E-state index in [1.54, 1.807) is 26.2 Å². The number of nitrogens with one attached hydrogen (secondary N) is 1. The molecule has 1 unspecified atom stereocenters. The van der Waals surface area contributed by atoms with Crippen molar-refractivity contribution in [1.29, 1.82) is 0 Å². The number of ether oxygens (including phenoxy) is 3. The molecule has 34 heavy (non-hydrogen) atoms. The first kappa shape index (κ1) is 23.8. The Morgan fingerprint density at radius 1 is 1.18 bits per heavy atom. The van der Waals surface area contributed by atoms with Crippen LogP contribution in [-0.2, 0) is 17.5 Å². The van der Waals surface area contributed by atoms with Gasteiger partial charge in [0.05, 0.1) is 37.0 Å². The van der Waals surface area contributed by atoms with Gasteiger partial charge in [-0.1, -0.05) is 0 Å². The van der Waals surface area contributed by atoms with Crippen LogP contribution in [0.2, 0.25) is 0 Å². The number of anilines is 2. The number of aryl methyl sites for hydroxylation is 1. The number of nitrogens with zero attached hydrogens (tertiary/aromatic N) is 3. The summed E-state index contributed by atoms with van der Waals surface area (Å²) in [6, 6.07) is 5.29. The van der Waals surface area contributed by atoms with Gasteiger partial charge in [-0.15, -0.1) is 0 Å². The SMILES string of the molecule is COc1cc2nc(C)nc(NCc3cc(C(F)(F)F)cc(N)n3)c2cc1OC(C)[C@H]1CCOC1. The molecule has 1 saturated heterocycles. The van der Waals surface area contributed by atoms with Gasteiger partial charge >= 0.3 is 6.18 Å². The zero-order chi connectivity index (χ0) is 24.5. The minimum absolute atomic E-state index is 0.0162. The number of halogens is 3. The van der Waals surface area contributed by atoms with E-state index in [2.05, 4.69) is 20.3 Å². The number of alkyl halides is 3. The normalized spacial score (nSPS) is 17.1. The minimum atomic E-state index is -4.52. The highest BCUT2D eigenvalue weighted by molar-refractivity contribution is 5.91. The molecule has 2 atom stereocenters. The first-order valence-corrected chi connectivity index (χ1v) is 10.8. The summed E-state index contributed by atoms with van der Waals surface area (Å²) in [5.41, 5.74) is 5.47. The van der Waals surface area contributed by atoms with Crippen LogP contribution < -0.4 is 20.5 Å². The lowest BCUT2D eigenvalue weighted by molar-refractivity contribution is -0.137. The van der Waals surface area contributed by atoms with E-state index in [4.69, 9.17) is 19.9 Å². The van der Waals surface area contributed by atoms with Crippen LogP contribution in [0.4, 0.5) is 24.8 Å². The number of pyridine rings is 1. The molecule has 182 valence electrons. The fourth-order valence-corrected chi connectivity index (χ4v) is 3.90. The third-order valence-electron chi connectivity index (χ3n) is 5.70. The fraction of sp³-hybridized carbons (Fsp3) is 0.435. The summed E-state index contributed by atoms with van der Waals surface area (Å²) in [4.78, 5) is 12.9. The number of methoxy groups -OCH3 is 1. The molecule has 0 saturated carbocycles. The summed E-state index contributed by atoms with van der Waals surface area (Å²) in [5.74, 6) is 2.02. The Hall–Kier alpha value is -3.34. The summed E-state index contributed by atoms with van der Waals surface area (Å²) in [7, 11) is 1.55. The van der Waals surface area contributed by atoms with E-state index in [0.29, 0.717) is 47.3 Å². The van der Waals surface area contributed by atoms with Crippen LogP contribution >= 0.6 is 0 Å². The van der Waals surface area contributed by atoms with Crippen LogP contribution in [0.25, 0.3) is 10.9 Å². The van der Waals surface area contributed by atoms with Crippen LogP contribution in [0, 0.1) is 12.8 Å². The zero-order valence-corrected chi connectivity index (χ0v) is 19.1. The second-order valence-corrected chi connectivity index (χ2v) is 8.21. The first-order chi connectivity index (χ1) is 16.1. The molecule has 0 spiro atoms. The van der Waals surface area contributed by atoms with Crippen LogP contribution in [0.1, 0.15) is 30.4 Å². The molecular weight excluding hydrogens is 451 g/mol. The highest BCUT2D eigenvalue weighted by atomic mass is 19.4. The standard InChI is InChI=1S/C23H26F3N5O3/c1-12(14-4-5-33-11-14)34-20-8-17-18(9-19(20)32-3)29-13(2)30-22(17)28-10-16-6-15(23(24,25)26)7-21(27)31-16/h6-9,12,14H,4-5,10-11H2,1-3H3,(H2,27,31)(H,28,29,30)/t12?,14-/m0/s1. The van der Waals surface area contributed by atoms with Crippen molar-refractivity contribution in [2.24, 2.45) is 5.92 Å². The van der Waals surface area contributed by atoms with Crippen LogP contribution in [-0.4, -0.2) is 41.4 Å². The molecular formula is C23H26F3N5O3. The topological polar surface area (TPSA) is 104 Å². The van der Waals surface area contributed by atoms with Crippen molar-refractivity contribution in [2.45, 2.75) is 39.1 Å². The summed E-state index contributed by atoms with van der Waals surface area (Å²) < 4.78 is 56.6. The smallest absolute Gasteiger partial charge is 0.416 e. The van der Waals surface area contributed by atoms with Gasteiger partial charge < -0.3 is 25.3 Å². The summed E-state index contributed by atoms with van der Waals surface area (Å²) in [6.07, 6.45) is -3.71. The highest BCUT2D eigenvalue weighted by Gasteiger charge is 2.31. The van der Waals surface area contributed by atoms with E-state index >= 15 is 0 Å². The Bertz CT molecular complexity index is 1180. The molecule has 0 amide bonds. The summed E-state index contributed by atoms with van der Waals surface area (Å²) in [5, 5.41) is 3.71. The largest absolute Gasteiger partial charge is 0.493 e. The number of fused-ring (bicyclic) bond motifs is 1. The molecule has 3 aromatic rings. The molecule has 1 fully saturated rings. The van der Waals surface area contributed by atoms with Crippen molar-refractivity contribution < 1.29 is 27.4 Å². The van der Waals surface area contributed by atoms with Crippen molar-refractivity contribution in [3.63, 3.8) is 0 Å². The van der Waals surface area contributed by atoms with Gasteiger partial charge in [-0.2, -0.15) is 13.2 Å². The van der Waals surface area contributed by atoms with Gasteiger partial charge in [-0.05, 0) is 38.5 Å². The second kappa shape index (κ2) is 9.49. The molecule has 1 aliphatic rings. The molecule has 11 heteroatoms. The lowest BCUT2D eigenvalue weighted by Crippen LogP contribution is -2.24. The van der Waals surface area contributed by atoms with E-state index in [1.165, 1.54) is 0 Å². The van der Waals surface area contributed by atoms with Crippen molar-refractivity contribution in [1.82, 2.24) is 15.0 Å². The first-order valence-electron chi connectivity index (χ1n) is 10.8. The Labute approximate surface area is 194 Å². The lowest BCUT2D eigenvalue weighted by atomic mass is 10.0. The van der Waals surface area contributed by atoms with E-state index in [9.17, 15) is 13.2 Å². The van der Waals surface area contributed by atoms with Gasteiger partial charge in [-0.3, -0.25) is 0 Å². The Kier molecular flexibility index (Phi) is 6.65. The number of hydrogen-bond acceptors (Lipinski definition) is 8. The van der Waals surface area contributed by atoms with Crippen LogP contribution in [0.15, 0.2) is 24.3 Å². The molecule has 3 heterocycles. The molecule has 0 aliphatic carbocycles. The molecule has 1 aromatic carbocycles. The molecule has 0 bridgehead atoms. The Morgan fingerprint density at radius 2 is 1.97 bits per heavy atom. The number of rotatable bonds is 7. The molecule has 0 radical (unpaired) electrons. The van der Waals surface area contributed by atoms with Crippen LogP contribution in [0.3, 0.4) is 0 Å². The Morgan fingerprint density at radius 3 is 2.65 bits per heavy atom. The molecule has 8 nitrogen and oxygen atoms in total. The van der Waals surface area contributed by atoms with Gasteiger partial charge in [0, 0.05) is 24.0 Å². The maximum Gasteiger partial charge on any atom is 0.416 e. The molecule has 3 N–H and O–H groups in total. The summed E-state index contributed by atoms with van der Waals surface area (Å²) >= 11 is 0. The van der Waals surface area contributed by atoms with Gasteiger partial charge in [0.25, 0.3) is 0 Å². The molecule has 2 aromatic heterocycles. The van der Waals surface area contributed by atoms with Gasteiger partial charge in [0.15, 0.2) is 11.5 Å². The maximum absolute atomic E-state index is 13.1. The van der Waals surface area contributed by atoms with E-state index < -0.39 is 11.7 Å². The van der Waals surface area contributed by atoms with E-state index in [0.717, 1.165) is 18.6 Å². The number of benzene rings is 1. The average Bonchev–Trinajstić information content (AvgIpc) is 3.31. The number of nitrogens with two attached hydrogens (primary N) is 1. The van der Waals surface area contributed by atoms with Crippen molar-refractivity contribution >= 4 is 22.5 Å². The van der Waals surface area contributed by atoms with Gasteiger partial charge in [0.1, 0.15) is 23.6 Å². The van der Waals surface area contributed by atoms with Crippen molar-refractivity contribution in [3.05, 3.63) is 41.3 Å². The predicted molar refractivity (Wildman–Crippen MR) is 121 cm³/mol. The average molecular weight is 477 g/mol. The zero-order valence-electron chi connectivity index (χ0n) is 19.1. The van der Waals surface area contributed by atoms with Crippen molar-refractivity contribution in [3.8, 4) is 11.5 Å². The number of hydrogen-bond donors (Lipinski definition) is 2. The molecule has 4 rings (SSSR count). The van der Waals surface area contributed by atoms with Crippen LogP contribution in [0.5, 0.6) is 11.5 Å². The van der Waals surface area contributed by atoms with Crippen molar-refractivity contribution in [2.75, 3.05) is 31.4 Å². The Balaban J connectivity index is 1.65. The van der Waals surface area contributed by atoms with Gasteiger partial charge in [0.2, 0.25) is 0 Å². The second-order valence-electron chi connectivity index (χ2n) is 8.21. The molecule has 1 aliphatic heterocycles. The highest BCUT2D eigenvalue weighted by Crippen LogP contribution is 2.36. The fourth-order valence-electron chi connectivity index (χ4n) is 3.90. The third-order valence-corrected chi connectivity index (χ3v) is 5.70. The van der Waals surface area contributed by atoms with Gasteiger partial charge in [-0.25, -0.2) is 15.0 Å². The van der Waals surface area contributed by atoms with E-state index in [-0.39, 0.29) is 30.1 Å². The third kappa shape index (κ3) is 5.24. The predicted octanol–water partition coefficient (Wildman–Crippen LogP) is 4.36. The lowest BCUT2D eigenvalue weighted by Gasteiger charge is -2.22. The monoisotopic (exact) mass is 477 g/mol. The minimum Gasteiger partial charge on any atom is -0.493 e.